The van der Waals surface area contributed by atoms with Crippen LogP contribution in [0.3, 0.4) is 0 Å². The number of halogens is 1. The molecule has 26 heteroatoms. The molecule has 0 spiro atoms. The molecule has 3 aromatic carbocycles. The number of hydrogen-bond donors (Lipinski definition) is 8. The fourth-order valence-electron chi connectivity index (χ4n) is 10.7. The third-order valence-corrected chi connectivity index (χ3v) is 15.2. The first kappa shape index (κ1) is 69.3. The molecule has 3 atom stereocenters. The number of nitrogens with one attached hydrogen (secondary N) is 6. The van der Waals surface area contributed by atoms with Crippen LogP contribution in [0.1, 0.15) is 212 Å². The number of benzene rings is 3. The largest absolute Gasteiger partial charge is 0.444 e. The number of anilines is 2. The van der Waals surface area contributed by atoms with E-state index in [0.717, 1.165) is 98.1 Å². The predicted molar refractivity (Wildman–Crippen MR) is 324 cm³/mol. The molecule has 6 aliphatic heterocycles. The summed E-state index contributed by atoms with van der Waals surface area (Å²) in [5, 5.41) is 15.7. The van der Waals surface area contributed by atoms with E-state index in [1.165, 1.54) is 31.4 Å². The number of nitrogens with zero attached hydrogens (tertiary/aromatic N) is 3. The van der Waals surface area contributed by atoms with Gasteiger partial charge in [-0.15, -0.1) is 0 Å². The van der Waals surface area contributed by atoms with Gasteiger partial charge in [0.25, 0.3) is 35.4 Å². The zero-order valence-electron chi connectivity index (χ0n) is 51.0. The summed E-state index contributed by atoms with van der Waals surface area (Å²) < 4.78 is 18.8. The lowest BCUT2D eigenvalue weighted by atomic mass is 10.0. The van der Waals surface area contributed by atoms with Crippen molar-refractivity contribution in [3.63, 3.8) is 0 Å². The van der Waals surface area contributed by atoms with Gasteiger partial charge in [0, 0.05) is 50.3 Å². The van der Waals surface area contributed by atoms with Crippen molar-refractivity contribution in [2.24, 2.45) is 11.5 Å². The number of nitrogens with two attached hydrogens (primary N) is 2. The highest BCUT2D eigenvalue weighted by Crippen LogP contribution is 2.35. The number of hydrogen-bond acceptors (Lipinski definition) is 18. The van der Waals surface area contributed by atoms with E-state index in [4.69, 9.17) is 16.2 Å². The number of piperidine rings is 3. The number of carbonyl (C=O) groups is 13. The Morgan fingerprint density at radius 2 is 0.843 bits per heavy atom. The molecule has 89 heavy (non-hydrogen) atoms. The van der Waals surface area contributed by atoms with Gasteiger partial charge in [0.1, 0.15) is 29.5 Å². The Balaban J connectivity index is 0.000000194. The fourth-order valence-corrected chi connectivity index (χ4v) is 10.7. The Morgan fingerprint density at radius 1 is 0.494 bits per heavy atom. The van der Waals surface area contributed by atoms with Gasteiger partial charge in [0.2, 0.25) is 35.4 Å². The summed E-state index contributed by atoms with van der Waals surface area (Å²) in [5.74, 6) is -7.39. The highest BCUT2D eigenvalue weighted by atomic mass is 19.1. The Hall–Kier alpha value is -8.78. The van der Waals surface area contributed by atoms with Gasteiger partial charge >= 0.3 is 6.09 Å². The minimum Gasteiger partial charge on any atom is -0.444 e. The quantitative estimate of drug-likeness (QED) is 0.0414. The summed E-state index contributed by atoms with van der Waals surface area (Å²) in [6, 6.07) is 11.0. The van der Waals surface area contributed by atoms with Gasteiger partial charge in [-0.05, 0) is 122 Å². The lowest BCUT2D eigenvalue weighted by Gasteiger charge is -2.27. The van der Waals surface area contributed by atoms with Gasteiger partial charge < -0.3 is 32.2 Å². The third-order valence-electron chi connectivity index (χ3n) is 15.2. The molecule has 0 aromatic heterocycles. The molecule has 3 fully saturated rings. The zero-order valence-corrected chi connectivity index (χ0v) is 51.0. The summed E-state index contributed by atoms with van der Waals surface area (Å²) in [7, 11) is 0. The second-order valence-corrected chi connectivity index (χ2v) is 23.1. The minimum absolute atomic E-state index is 0.0340. The number of ether oxygens (including phenoxy) is 1. The number of fused-ring (bicyclic) bond motifs is 3. The number of carbonyl (C=O) groups excluding carboxylic acids is 13. The van der Waals surface area contributed by atoms with Crippen molar-refractivity contribution in [2.75, 3.05) is 43.4 Å². The molecule has 6 aliphatic rings. The number of alkyl carbamates (subject to hydrolysis) is 1. The molecule has 9 rings (SSSR count). The highest BCUT2D eigenvalue weighted by Gasteiger charge is 2.48. The summed E-state index contributed by atoms with van der Waals surface area (Å²) in [4.78, 5) is 159. The van der Waals surface area contributed by atoms with E-state index in [2.05, 4.69) is 38.8 Å². The molecule has 25 nitrogen and oxygen atoms in total. The van der Waals surface area contributed by atoms with Gasteiger partial charge in [-0.1, -0.05) is 76.5 Å². The maximum Gasteiger partial charge on any atom is 0.407 e. The van der Waals surface area contributed by atoms with Crippen molar-refractivity contribution in [3.05, 3.63) is 93.8 Å². The molecule has 3 aromatic rings. The number of imide groups is 6. The van der Waals surface area contributed by atoms with Crippen LogP contribution in [0.5, 0.6) is 0 Å². The van der Waals surface area contributed by atoms with Crippen LogP contribution in [-0.4, -0.2) is 148 Å². The van der Waals surface area contributed by atoms with Crippen molar-refractivity contribution < 1.29 is 71.5 Å². The van der Waals surface area contributed by atoms with E-state index in [1.807, 2.05) is 20.8 Å². The third kappa shape index (κ3) is 18.2. The summed E-state index contributed by atoms with van der Waals surface area (Å²) >= 11 is 0. The molecule has 0 aliphatic carbocycles. The van der Waals surface area contributed by atoms with Crippen LogP contribution >= 0.6 is 0 Å². The van der Waals surface area contributed by atoms with Crippen LogP contribution < -0.4 is 43.4 Å². The van der Waals surface area contributed by atoms with Crippen LogP contribution in [0, 0.1) is 5.82 Å². The van der Waals surface area contributed by atoms with E-state index in [-0.39, 0.29) is 73.1 Å². The molecule has 13 amide bonds. The Morgan fingerprint density at radius 3 is 1.20 bits per heavy atom. The first-order valence-corrected chi connectivity index (χ1v) is 30.6. The maximum absolute atomic E-state index is 13.7. The fraction of sp³-hybridized carbons (Fsp3) is 0.508. The van der Waals surface area contributed by atoms with Crippen molar-refractivity contribution in [1.82, 2.24) is 36.0 Å². The molecule has 6 heterocycles. The number of rotatable bonds is 23. The second kappa shape index (κ2) is 33.0. The summed E-state index contributed by atoms with van der Waals surface area (Å²) in [5.41, 5.74) is 12.5. The van der Waals surface area contributed by atoms with Crippen molar-refractivity contribution in [3.8, 4) is 0 Å². The first-order valence-electron chi connectivity index (χ1n) is 30.6. The molecule has 480 valence electrons. The molecule has 0 saturated carbocycles. The van der Waals surface area contributed by atoms with Gasteiger partial charge in [0.15, 0.2) is 0 Å². The van der Waals surface area contributed by atoms with Crippen molar-refractivity contribution in [1.29, 1.82) is 0 Å². The van der Waals surface area contributed by atoms with Crippen molar-refractivity contribution in [2.45, 2.75) is 173 Å². The maximum atomic E-state index is 13.7. The van der Waals surface area contributed by atoms with Gasteiger partial charge in [0.05, 0.1) is 33.4 Å². The molecular weight excluding hydrogens is 1150 g/mol. The second-order valence-electron chi connectivity index (χ2n) is 23.1. The lowest BCUT2D eigenvalue weighted by molar-refractivity contribution is -0.137. The van der Waals surface area contributed by atoms with E-state index in [1.54, 1.807) is 36.4 Å². The SMILES string of the molecule is CC(C)(C)OC(=O)NCCCCCCN.CCCCCCCNc1cccc2c1C(=O)N(C1CCC(=O)NC1=O)C2=O.NCCCCCCNc1cccc2c1C(=O)N(C1CCC(=O)NC1=O)C2=O.O=C1CCC(N2C(=O)c3cccc(F)c3C2=O)C(=O)N1. The topological polar surface area (TPSA) is 365 Å². The highest BCUT2D eigenvalue weighted by molar-refractivity contribution is 6.27. The van der Waals surface area contributed by atoms with Gasteiger partial charge in [-0.2, -0.15) is 0 Å². The Kier molecular flexibility index (Phi) is 25.7. The van der Waals surface area contributed by atoms with Crippen LogP contribution in [0.25, 0.3) is 0 Å². The van der Waals surface area contributed by atoms with Crippen LogP contribution in [-0.2, 0) is 33.5 Å². The standard InChI is InChI=1S/C20H25N3O4.C19H24N4O4.C13H9FN2O4.C11H24N2O2/c1-2-3-4-5-6-12-21-14-9-7-8-13-17(14)20(27)23(19(13)26)15-10-11-16(24)22-18(15)25;20-10-3-1-2-4-11-21-13-7-5-6-12-16(13)19(27)23(18(12)26)14-8-9-15(24)22-17(14)25;14-7-3-1-2-6-10(7)13(20)16(12(6)19)8-4-5-9(17)15-11(8)18;1-11(2,3)15-10(14)13-9-7-5-4-6-8-12/h7-9,15,21H,2-6,10-12H2,1H3,(H,22,24,25);5-7,14,21H,1-4,8-11,20H2,(H,22,24,25);1-3,8H,4-5H2,(H,15,17,18);4-9,12H2,1-3H3,(H,13,14). The minimum atomic E-state index is -1.07. The van der Waals surface area contributed by atoms with Crippen LogP contribution in [0.15, 0.2) is 54.6 Å². The van der Waals surface area contributed by atoms with E-state index in [9.17, 15) is 66.7 Å². The monoisotopic (exact) mass is 1240 g/mol. The van der Waals surface area contributed by atoms with E-state index >= 15 is 0 Å². The van der Waals surface area contributed by atoms with Gasteiger partial charge in [-0.25, -0.2) is 9.18 Å². The summed E-state index contributed by atoms with van der Waals surface area (Å²) in [6.07, 6.45) is 14.3. The average molecular weight is 1240 g/mol. The Labute approximate surface area is 516 Å². The summed E-state index contributed by atoms with van der Waals surface area (Å²) in [6.45, 7) is 11.3. The number of unbranched alkanes of at least 4 members (excludes halogenated alkanes) is 10. The predicted octanol–water partition coefficient (Wildman–Crippen LogP) is 5.75. The van der Waals surface area contributed by atoms with E-state index in [0.29, 0.717) is 47.7 Å². The van der Waals surface area contributed by atoms with Crippen LogP contribution in [0.4, 0.5) is 20.6 Å². The molecule has 0 radical (unpaired) electrons. The van der Waals surface area contributed by atoms with Crippen molar-refractivity contribution >= 4 is 88.4 Å². The lowest BCUT2D eigenvalue weighted by Crippen LogP contribution is -2.54. The number of amides is 13. The molecule has 0 bridgehead atoms. The first-order chi connectivity index (χ1) is 42.5. The van der Waals surface area contributed by atoms with Gasteiger partial charge in [-0.3, -0.25) is 88.2 Å². The van der Waals surface area contributed by atoms with E-state index < -0.39 is 88.6 Å². The zero-order chi connectivity index (χ0) is 65.0. The Bertz CT molecular complexity index is 3050. The smallest absolute Gasteiger partial charge is 0.407 e. The van der Waals surface area contributed by atoms with Crippen LogP contribution in [0.2, 0.25) is 0 Å². The molecule has 3 saturated heterocycles. The molecular formula is C63H82FN11O14. The molecule has 10 N–H and O–H groups in total. The average Bonchev–Trinajstić information content (AvgIpc) is 2.56. The normalized spacial score (nSPS) is 18.6. The molecule has 3 unspecified atom stereocenters.